The van der Waals surface area contributed by atoms with Gasteiger partial charge in [0.05, 0.1) is 0 Å². The van der Waals surface area contributed by atoms with E-state index in [0.717, 1.165) is 0 Å². The molecule has 0 saturated carbocycles. The summed E-state index contributed by atoms with van der Waals surface area (Å²) in [6, 6.07) is -1.70. The molecule has 0 aromatic rings. The summed E-state index contributed by atoms with van der Waals surface area (Å²) in [6.07, 6.45) is 0. The number of hydrogen-bond acceptors (Lipinski definition) is 2. The standard InChI is InChI=1S/C3H7N3O2/c1-6(2(4)7)3(5)8/h1H3,(H2,4,7)(H2,5,8). The van der Waals surface area contributed by atoms with E-state index in [1.807, 2.05) is 0 Å². The Morgan fingerprint density at radius 3 is 1.50 bits per heavy atom. The first-order valence-corrected chi connectivity index (χ1v) is 1.88. The molecule has 0 aliphatic rings. The summed E-state index contributed by atoms with van der Waals surface area (Å²) in [4.78, 5) is 20.6. The van der Waals surface area contributed by atoms with Crippen LogP contribution in [0.2, 0.25) is 0 Å². The van der Waals surface area contributed by atoms with Crippen molar-refractivity contribution in [3.8, 4) is 0 Å². The van der Waals surface area contributed by atoms with Gasteiger partial charge in [0, 0.05) is 7.05 Å². The van der Waals surface area contributed by atoms with Crippen molar-refractivity contribution >= 4 is 12.1 Å². The molecule has 5 heteroatoms. The van der Waals surface area contributed by atoms with Gasteiger partial charge in [-0.1, -0.05) is 0 Å². The summed E-state index contributed by atoms with van der Waals surface area (Å²) in [7, 11) is 1.20. The fraction of sp³-hybridized carbons (Fsp3) is 0.333. The molecule has 0 aromatic carbocycles. The number of hydrogen-bond donors (Lipinski definition) is 2. The maximum absolute atomic E-state index is 9.99. The Hall–Kier alpha value is -1.26. The second kappa shape index (κ2) is 2.15. The summed E-state index contributed by atoms with van der Waals surface area (Å²) in [5.41, 5.74) is 9.25. The van der Waals surface area contributed by atoms with Crippen LogP contribution in [-0.2, 0) is 0 Å². The highest BCUT2D eigenvalue weighted by Gasteiger charge is 2.06. The maximum Gasteiger partial charge on any atom is 0.322 e. The highest BCUT2D eigenvalue weighted by Crippen LogP contribution is 1.76. The van der Waals surface area contributed by atoms with E-state index in [9.17, 15) is 9.59 Å². The summed E-state index contributed by atoms with van der Waals surface area (Å²) in [5, 5.41) is 0. The van der Waals surface area contributed by atoms with E-state index >= 15 is 0 Å². The first-order chi connectivity index (χ1) is 3.55. The number of nitrogens with two attached hydrogens (primary N) is 2. The van der Waals surface area contributed by atoms with E-state index in [-0.39, 0.29) is 0 Å². The minimum Gasteiger partial charge on any atom is -0.351 e. The first kappa shape index (κ1) is 6.74. The monoisotopic (exact) mass is 117 g/mol. The third-order valence-electron chi connectivity index (χ3n) is 0.661. The molecule has 5 nitrogen and oxygen atoms in total. The van der Waals surface area contributed by atoms with Crippen molar-refractivity contribution in [3.63, 3.8) is 0 Å². The minimum absolute atomic E-state index is 0.611. The van der Waals surface area contributed by atoms with Crippen LogP contribution in [-0.4, -0.2) is 24.0 Å². The van der Waals surface area contributed by atoms with Crippen molar-refractivity contribution in [1.82, 2.24) is 4.90 Å². The van der Waals surface area contributed by atoms with Crippen LogP contribution in [0.25, 0.3) is 0 Å². The largest absolute Gasteiger partial charge is 0.351 e. The number of primary amides is 2. The minimum atomic E-state index is -0.850. The van der Waals surface area contributed by atoms with Crippen LogP contribution in [0.1, 0.15) is 0 Å². The predicted octanol–water partition coefficient (Wildman–Crippen LogP) is -0.924. The lowest BCUT2D eigenvalue weighted by Gasteiger charge is -2.05. The summed E-state index contributed by atoms with van der Waals surface area (Å²) in [6.45, 7) is 0. The average Bonchev–Trinajstić information content (AvgIpc) is 1.64. The van der Waals surface area contributed by atoms with Gasteiger partial charge in [-0.05, 0) is 0 Å². The van der Waals surface area contributed by atoms with E-state index in [1.54, 1.807) is 0 Å². The van der Waals surface area contributed by atoms with Gasteiger partial charge in [-0.25, -0.2) is 14.5 Å². The molecule has 4 amide bonds. The molecule has 0 rings (SSSR count). The van der Waals surface area contributed by atoms with Gasteiger partial charge >= 0.3 is 12.1 Å². The van der Waals surface area contributed by atoms with E-state index in [0.29, 0.717) is 4.90 Å². The molecule has 0 spiro atoms. The zero-order valence-electron chi connectivity index (χ0n) is 4.42. The number of urea groups is 2. The van der Waals surface area contributed by atoms with E-state index in [1.165, 1.54) is 7.05 Å². The number of amides is 4. The zero-order chi connectivity index (χ0) is 6.73. The van der Waals surface area contributed by atoms with Gasteiger partial charge in [-0.15, -0.1) is 0 Å². The third-order valence-corrected chi connectivity index (χ3v) is 0.661. The Balaban J connectivity index is 3.83. The normalized spacial score (nSPS) is 8.12. The lowest BCUT2D eigenvalue weighted by atomic mass is 10.8. The fourth-order valence-corrected chi connectivity index (χ4v) is 0.109. The van der Waals surface area contributed by atoms with E-state index in [2.05, 4.69) is 11.5 Å². The summed E-state index contributed by atoms with van der Waals surface area (Å²) < 4.78 is 0. The quantitative estimate of drug-likeness (QED) is 0.429. The molecule has 0 saturated heterocycles. The highest BCUT2D eigenvalue weighted by molar-refractivity contribution is 5.91. The van der Waals surface area contributed by atoms with Crippen molar-refractivity contribution in [2.24, 2.45) is 11.5 Å². The first-order valence-electron chi connectivity index (χ1n) is 1.88. The van der Waals surface area contributed by atoms with E-state index < -0.39 is 12.1 Å². The maximum atomic E-state index is 9.99. The van der Waals surface area contributed by atoms with Crippen molar-refractivity contribution in [1.29, 1.82) is 0 Å². The lowest BCUT2D eigenvalue weighted by molar-refractivity contribution is 0.206. The molecule has 0 unspecified atom stereocenters. The molecule has 0 fully saturated rings. The number of rotatable bonds is 0. The summed E-state index contributed by atoms with van der Waals surface area (Å²) in [5.74, 6) is 0. The second-order valence-corrected chi connectivity index (χ2v) is 1.24. The summed E-state index contributed by atoms with van der Waals surface area (Å²) >= 11 is 0. The van der Waals surface area contributed by atoms with Crippen LogP contribution in [0.4, 0.5) is 9.59 Å². The van der Waals surface area contributed by atoms with Crippen LogP contribution >= 0.6 is 0 Å². The van der Waals surface area contributed by atoms with Gasteiger partial charge in [0.15, 0.2) is 0 Å². The molecule has 0 aromatic heterocycles. The van der Waals surface area contributed by atoms with Gasteiger partial charge in [0.2, 0.25) is 0 Å². The predicted molar refractivity (Wildman–Crippen MR) is 26.9 cm³/mol. The van der Waals surface area contributed by atoms with Crippen LogP contribution in [0.15, 0.2) is 0 Å². The Morgan fingerprint density at radius 1 is 1.25 bits per heavy atom. The third kappa shape index (κ3) is 1.46. The SMILES string of the molecule is CN(C(N)=O)C(N)=O. The molecule has 0 bridgehead atoms. The molecular weight excluding hydrogens is 110 g/mol. The smallest absolute Gasteiger partial charge is 0.322 e. The fourth-order valence-electron chi connectivity index (χ4n) is 0.109. The Labute approximate surface area is 46.2 Å². The number of nitrogens with zero attached hydrogens (tertiary/aromatic N) is 1. The average molecular weight is 117 g/mol. The van der Waals surface area contributed by atoms with Crippen molar-refractivity contribution < 1.29 is 9.59 Å². The molecule has 0 radical (unpaired) electrons. The van der Waals surface area contributed by atoms with Gasteiger partial charge in [0.1, 0.15) is 0 Å². The van der Waals surface area contributed by atoms with Crippen LogP contribution in [0.3, 0.4) is 0 Å². The van der Waals surface area contributed by atoms with Gasteiger partial charge in [0.25, 0.3) is 0 Å². The van der Waals surface area contributed by atoms with Crippen LogP contribution < -0.4 is 11.5 Å². The molecule has 8 heavy (non-hydrogen) atoms. The van der Waals surface area contributed by atoms with E-state index in [4.69, 9.17) is 0 Å². The number of carbonyl (C=O) groups excluding carboxylic acids is 2. The number of imide groups is 1. The molecule has 0 heterocycles. The molecule has 0 atom stereocenters. The molecule has 4 N–H and O–H groups in total. The lowest BCUT2D eigenvalue weighted by Crippen LogP contribution is -2.40. The van der Waals surface area contributed by atoms with Crippen molar-refractivity contribution in [2.75, 3.05) is 7.05 Å². The van der Waals surface area contributed by atoms with Gasteiger partial charge < -0.3 is 11.5 Å². The highest BCUT2D eigenvalue weighted by atomic mass is 16.2. The van der Waals surface area contributed by atoms with Crippen LogP contribution in [0, 0.1) is 0 Å². The Morgan fingerprint density at radius 2 is 1.50 bits per heavy atom. The van der Waals surface area contributed by atoms with Crippen molar-refractivity contribution in [3.05, 3.63) is 0 Å². The van der Waals surface area contributed by atoms with Crippen LogP contribution in [0.5, 0.6) is 0 Å². The number of carbonyl (C=O) groups is 2. The molecular formula is C3H7N3O2. The van der Waals surface area contributed by atoms with Crippen molar-refractivity contribution in [2.45, 2.75) is 0 Å². The topological polar surface area (TPSA) is 89.4 Å². The molecule has 0 aliphatic carbocycles. The Bertz CT molecular complexity index is 108. The zero-order valence-corrected chi connectivity index (χ0v) is 4.42. The molecule has 0 aliphatic heterocycles. The molecule has 46 valence electrons. The second-order valence-electron chi connectivity index (χ2n) is 1.24. The Kier molecular flexibility index (Phi) is 1.81. The van der Waals surface area contributed by atoms with Gasteiger partial charge in [-0.3, -0.25) is 0 Å². The van der Waals surface area contributed by atoms with Gasteiger partial charge in [-0.2, -0.15) is 0 Å².